The molecule has 0 unspecified atom stereocenters. The quantitative estimate of drug-likeness (QED) is 0.287. The first-order chi connectivity index (χ1) is 18.4. The van der Waals surface area contributed by atoms with Crippen LogP contribution in [-0.2, 0) is 26.2 Å². The molecule has 0 aliphatic carbocycles. The molecule has 0 radical (unpaired) electrons. The third-order valence-corrected chi connectivity index (χ3v) is 8.85. The maximum absolute atomic E-state index is 13.9. The molecule has 3 aromatic rings. The van der Waals surface area contributed by atoms with E-state index in [4.69, 9.17) is 34.8 Å². The second-order valence-corrected chi connectivity index (χ2v) is 12.4. The number of benzene rings is 3. The van der Waals surface area contributed by atoms with E-state index in [9.17, 15) is 18.0 Å². The van der Waals surface area contributed by atoms with Gasteiger partial charge < -0.3 is 10.2 Å². The molecule has 0 fully saturated rings. The molecule has 0 saturated heterocycles. The van der Waals surface area contributed by atoms with Crippen LogP contribution in [0, 0.1) is 5.92 Å². The van der Waals surface area contributed by atoms with Crippen molar-refractivity contribution in [1.29, 1.82) is 0 Å². The van der Waals surface area contributed by atoms with Crippen LogP contribution < -0.4 is 9.62 Å². The normalized spacial score (nSPS) is 12.2. The van der Waals surface area contributed by atoms with Crippen LogP contribution in [0.2, 0.25) is 15.1 Å². The zero-order chi connectivity index (χ0) is 28.7. The number of carbonyl (C=O) groups is 2. The third-order valence-electron chi connectivity index (χ3n) is 5.95. The van der Waals surface area contributed by atoms with Gasteiger partial charge in [-0.15, -0.1) is 0 Å². The first-order valence-electron chi connectivity index (χ1n) is 12.2. The fraction of sp³-hybridized carbons (Fsp3) is 0.286. The molecule has 1 N–H and O–H groups in total. The van der Waals surface area contributed by atoms with Gasteiger partial charge in [0.2, 0.25) is 11.8 Å². The van der Waals surface area contributed by atoms with Gasteiger partial charge in [0, 0.05) is 18.1 Å². The number of nitrogens with one attached hydrogen (secondary N) is 1. The number of anilines is 1. The van der Waals surface area contributed by atoms with Crippen LogP contribution >= 0.6 is 34.8 Å². The molecule has 208 valence electrons. The van der Waals surface area contributed by atoms with Crippen LogP contribution in [0.1, 0.15) is 26.3 Å². The molecule has 0 heterocycles. The predicted molar refractivity (Wildman–Crippen MR) is 157 cm³/mol. The number of sulfonamides is 1. The Bertz CT molecular complexity index is 1420. The Morgan fingerprint density at radius 1 is 0.846 bits per heavy atom. The Morgan fingerprint density at radius 3 is 2.10 bits per heavy atom. The van der Waals surface area contributed by atoms with E-state index in [-0.39, 0.29) is 39.0 Å². The minimum absolute atomic E-state index is 0.00459. The van der Waals surface area contributed by atoms with Crippen LogP contribution in [0.25, 0.3) is 0 Å². The number of hydrogen-bond donors (Lipinski definition) is 1. The zero-order valence-electron chi connectivity index (χ0n) is 21.8. The van der Waals surface area contributed by atoms with Gasteiger partial charge >= 0.3 is 0 Å². The molecule has 0 aliphatic heterocycles. The Morgan fingerprint density at radius 2 is 1.49 bits per heavy atom. The molecule has 3 rings (SSSR count). The lowest BCUT2D eigenvalue weighted by Crippen LogP contribution is -2.51. The Hall–Kier alpha value is -2.78. The summed E-state index contributed by atoms with van der Waals surface area (Å²) in [6.45, 7) is 5.34. The average Bonchev–Trinajstić information content (AvgIpc) is 2.91. The highest BCUT2D eigenvalue weighted by Crippen LogP contribution is 2.31. The van der Waals surface area contributed by atoms with E-state index in [1.165, 1.54) is 35.2 Å². The molecule has 0 spiro atoms. The van der Waals surface area contributed by atoms with Crippen LogP contribution in [0.3, 0.4) is 0 Å². The number of hydrogen-bond acceptors (Lipinski definition) is 4. The standard InChI is InChI=1S/C28H30Cl3N3O4S/c1-19(2)16-32-28(36)20(3)33(17-21-9-7-8-12-24(21)29)27(35)18-34(22-13-14-25(30)26(31)15-22)39(37,38)23-10-5-4-6-11-23/h4-15,19-20H,16-18H2,1-3H3,(H,32,36)/t20-/m1/s1. The lowest BCUT2D eigenvalue weighted by atomic mass is 10.1. The summed E-state index contributed by atoms with van der Waals surface area (Å²) in [6, 6.07) is 18.1. The van der Waals surface area contributed by atoms with Crippen molar-refractivity contribution >= 4 is 62.3 Å². The smallest absolute Gasteiger partial charge is 0.264 e. The summed E-state index contributed by atoms with van der Waals surface area (Å²) in [4.78, 5) is 28.2. The largest absolute Gasteiger partial charge is 0.354 e. The first kappa shape index (κ1) is 30.8. The van der Waals surface area contributed by atoms with Crippen molar-refractivity contribution in [2.24, 2.45) is 5.92 Å². The lowest BCUT2D eigenvalue weighted by molar-refractivity contribution is -0.139. The highest BCUT2D eigenvalue weighted by Gasteiger charge is 2.33. The second kappa shape index (κ2) is 13.5. The molecular formula is C28H30Cl3N3O4S. The Labute approximate surface area is 244 Å². The molecule has 0 aliphatic rings. The molecule has 11 heteroatoms. The SMILES string of the molecule is CC(C)CNC(=O)[C@@H](C)N(Cc1ccccc1Cl)C(=O)CN(c1ccc(Cl)c(Cl)c1)S(=O)(=O)c1ccccc1. The molecule has 0 saturated carbocycles. The fourth-order valence-corrected chi connectivity index (χ4v) is 5.65. The van der Waals surface area contributed by atoms with E-state index in [1.807, 2.05) is 13.8 Å². The molecule has 0 aromatic heterocycles. The predicted octanol–water partition coefficient (Wildman–Crippen LogP) is 6.03. The number of nitrogens with zero attached hydrogens (tertiary/aromatic N) is 2. The highest BCUT2D eigenvalue weighted by molar-refractivity contribution is 7.92. The Balaban J connectivity index is 2.03. The maximum Gasteiger partial charge on any atom is 0.264 e. The molecule has 1 atom stereocenters. The Kier molecular flexibility index (Phi) is 10.7. The van der Waals surface area contributed by atoms with Gasteiger partial charge in [0.05, 0.1) is 20.6 Å². The number of amides is 2. The molecule has 0 bridgehead atoms. The van der Waals surface area contributed by atoms with Gasteiger partial charge in [-0.05, 0) is 54.8 Å². The summed E-state index contributed by atoms with van der Waals surface area (Å²) >= 11 is 18.7. The third kappa shape index (κ3) is 7.88. The van der Waals surface area contributed by atoms with Gasteiger partial charge in [-0.2, -0.15) is 0 Å². The van der Waals surface area contributed by atoms with Crippen molar-refractivity contribution in [3.05, 3.63) is 93.4 Å². The first-order valence-corrected chi connectivity index (χ1v) is 14.8. The molecule has 3 aromatic carbocycles. The van der Waals surface area contributed by atoms with Crippen LogP contribution in [-0.4, -0.2) is 44.3 Å². The van der Waals surface area contributed by atoms with Gasteiger partial charge in [0.1, 0.15) is 12.6 Å². The van der Waals surface area contributed by atoms with E-state index in [0.717, 1.165) is 4.31 Å². The minimum Gasteiger partial charge on any atom is -0.354 e. The van der Waals surface area contributed by atoms with Gasteiger partial charge in [-0.25, -0.2) is 8.42 Å². The van der Waals surface area contributed by atoms with Crippen LogP contribution in [0.4, 0.5) is 5.69 Å². The highest BCUT2D eigenvalue weighted by atomic mass is 35.5. The molecule has 2 amide bonds. The monoisotopic (exact) mass is 609 g/mol. The van der Waals surface area contributed by atoms with Crippen molar-refractivity contribution < 1.29 is 18.0 Å². The minimum atomic E-state index is -4.20. The van der Waals surface area contributed by atoms with Gasteiger partial charge in [-0.1, -0.05) is 85.0 Å². The van der Waals surface area contributed by atoms with Crippen molar-refractivity contribution in [1.82, 2.24) is 10.2 Å². The summed E-state index contributed by atoms with van der Waals surface area (Å²) in [5, 5.41) is 3.63. The van der Waals surface area contributed by atoms with Crippen LogP contribution in [0.5, 0.6) is 0 Å². The van der Waals surface area contributed by atoms with Crippen molar-refractivity contribution in [3.63, 3.8) is 0 Å². The van der Waals surface area contributed by atoms with Gasteiger partial charge in [-0.3, -0.25) is 13.9 Å². The second-order valence-electron chi connectivity index (χ2n) is 9.35. The summed E-state index contributed by atoms with van der Waals surface area (Å²) in [5.74, 6) is -0.765. The fourth-order valence-electron chi connectivity index (χ4n) is 3.73. The van der Waals surface area contributed by atoms with Gasteiger partial charge in [0.25, 0.3) is 10.0 Å². The molecule has 7 nitrogen and oxygen atoms in total. The summed E-state index contributed by atoms with van der Waals surface area (Å²) < 4.78 is 28.5. The van der Waals surface area contributed by atoms with E-state index >= 15 is 0 Å². The number of halogens is 3. The lowest BCUT2D eigenvalue weighted by Gasteiger charge is -2.32. The zero-order valence-corrected chi connectivity index (χ0v) is 24.9. The van der Waals surface area contributed by atoms with Crippen molar-refractivity contribution in [2.75, 3.05) is 17.4 Å². The summed E-state index contributed by atoms with van der Waals surface area (Å²) in [7, 11) is -4.20. The number of carbonyl (C=O) groups excluding carboxylic acids is 2. The van der Waals surface area contributed by atoms with E-state index in [0.29, 0.717) is 17.1 Å². The van der Waals surface area contributed by atoms with E-state index < -0.39 is 28.5 Å². The van der Waals surface area contributed by atoms with Crippen molar-refractivity contribution in [2.45, 2.75) is 38.3 Å². The molecular weight excluding hydrogens is 581 g/mol. The summed E-state index contributed by atoms with van der Waals surface area (Å²) in [6.07, 6.45) is 0. The summed E-state index contributed by atoms with van der Waals surface area (Å²) in [5.41, 5.74) is 0.763. The van der Waals surface area contributed by atoms with Crippen molar-refractivity contribution in [3.8, 4) is 0 Å². The number of rotatable bonds is 11. The topological polar surface area (TPSA) is 86.8 Å². The van der Waals surface area contributed by atoms with Crippen LogP contribution in [0.15, 0.2) is 77.7 Å². The maximum atomic E-state index is 13.9. The molecule has 39 heavy (non-hydrogen) atoms. The van der Waals surface area contributed by atoms with E-state index in [1.54, 1.807) is 49.4 Å². The average molecular weight is 611 g/mol. The van der Waals surface area contributed by atoms with Gasteiger partial charge in [0.15, 0.2) is 0 Å². The van der Waals surface area contributed by atoms with E-state index in [2.05, 4.69) is 5.32 Å².